The maximum atomic E-state index is 8.38. The first-order valence-corrected chi connectivity index (χ1v) is 27.0. The molecule has 368 valence electrons. The Morgan fingerprint density at radius 2 is 0.857 bits per heavy atom. The Bertz CT molecular complexity index is 3050. The summed E-state index contributed by atoms with van der Waals surface area (Å²) in [5, 5.41) is 4.30. The summed E-state index contributed by atoms with van der Waals surface area (Å²) in [6, 6.07) is 44.7. The Labute approximate surface area is 432 Å². The second kappa shape index (κ2) is 17.7. The van der Waals surface area contributed by atoms with Gasteiger partial charge >= 0.3 is 0 Å². The number of benzene rings is 6. The number of anilines is 6. The van der Waals surface area contributed by atoms with Gasteiger partial charge in [0.2, 0.25) is 0 Å². The van der Waals surface area contributed by atoms with Crippen molar-refractivity contribution in [2.45, 2.75) is 182 Å². The second-order valence-electron chi connectivity index (χ2n) is 26.9. The van der Waals surface area contributed by atoms with Gasteiger partial charge in [-0.3, -0.25) is 0 Å². The van der Waals surface area contributed by atoms with E-state index in [0.29, 0.717) is 5.02 Å². The van der Waals surface area contributed by atoms with Gasteiger partial charge in [-0.15, -0.1) is 11.3 Å². The van der Waals surface area contributed by atoms with Crippen LogP contribution in [0.25, 0.3) is 21.2 Å². The van der Waals surface area contributed by atoms with Gasteiger partial charge in [0.25, 0.3) is 0 Å². The number of rotatable bonds is 7. The Morgan fingerprint density at radius 3 is 1.39 bits per heavy atom. The Kier molecular flexibility index (Phi) is 13.1. The molecule has 0 radical (unpaired) electrons. The largest absolute Gasteiger partial charge is 0.308 e. The van der Waals surface area contributed by atoms with Crippen molar-refractivity contribution in [3.8, 4) is 11.1 Å². The van der Waals surface area contributed by atoms with Crippen molar-refractivity contribution in [2.75, 3.05) is 9.80 Å². The van der Waals surface area contributed by atoms with Gasteiger partial charge in [-0.2, -0.15) is 0 Å². The van der Waals surface area contributed by atoms with Crippen molar-refractivity contribution in [3.63, 3.8) is 0 Å². The van der Waals surface area contributed by atoms with Crippen LogP contribution in [0, 0.1) is 0 Å². The van der Waals surface area contributed by atoms with Crippen molar-refractivity contribution < 1.29 is 0 Å². The summed E-state index contributed by atoms with van der Waals surface area (Å²) in [5.41, 5.74) is 17.8. The van der Waals surface area contributed by atoms with Gasteiger partial charge in [0.1, 0.15) is 0 Å². The molecule has 0 unspecified atom stereocenters. The number of fused-ring (bicyclic) bond motifs is 2. The summed E-state index contributed by atoms with van der Waals surface area (Å²) in [4.78, 5) is 4.95. The molecule has 2 nitrogen and oxygen atoms in total. The van der Waals surface area contributed by atoms with Crippen LogP contribution in [-0.4, -0.2) is 0 Å². The van der Waals surface area contributed by atoms with Crippen LogP contribution in [-0.2, 0) is 37.9 Å². The highest BCUT2D eigenvalue weighted by molar-refractivity contribution is 7.17. The standard InChI is InChI=1S/C66H81ClN2S/c1-60(2,3)43-22-20-42(21-23-43)50-36-45(62(7,8)9)26-32-54(50)68(48-28-24-44(25-29-48)61(4,5)6)55-38-47(64(13,14)15)39-56(59(55)67)69(57-41-70-58-33-27-46(37-51(57)58)63(10,11)12)49-30-31-52-53(40-49)66(18,19)35-34-65(52,16)17/h20-33,36-41H,34-35H2,1-19H3. The van der Waals surface area contributed by atoms with Crippen molar-refractivity contribution in [1.29, 1.82) is 0 Å². The summed E-state index contributed by atoms with van der Waals surface area (Å²) in [7, 11) is 0. The van der Waals surface area contributed by atoms with Crippen molar-refractivity contribution >= 4 is 67.1 Å². The first kappa shape index (κ1) is 51.5. The van der Waals surface area contributed by atoms with E-state index in [9.17, 15) is 0 Å². The molecule has 6 aromatic carbocycles. The molecule has 0 bridgehead atoms. The molecule has 1 aliphatic rings. The lowest BCUT2D eigenvalue weighted by atomic mass is 9.63. The number of halogens is 1. The lowest BCUT2D eigenvalue weighted by Crippen LogP contribution is -2.34. The Balaban J connectivity index is 1.49. The molecule has 8 rings (SSSR count). The molecule has 0 spiro atoms. The molecule has 1 heterocycles. The third kappa shape index (κ3) is 10.0. The van der Waals surface area contributed by atoms with Crippen molar-refractivity contribution in [1.82, 2.24) is 0 Å². The summed E-state index contributed by atoms with van der Waals surface area (Å²) in [6.07, 6.45) is 2.30. The number of hydrogen-bond donors (Lipinski definition) is 0. The molecule has 7 aromatic rings. The lowest BCUT2D eigenvalue weighted by Gasteiger charge is -2.42. The van der Waals surface area contributed by atoms with Crippen molar-refractivity contribution in [2.24, 2.45) is 0 Å². The first-order chi connectivity index (χ1) is 32.3. The van der Waals surface area contributed by atoms with E-state index in [4.69, 9.17) is 11.6 Å². The molecule has 0 saturated carbocycles. The Hall–Kier alpha value is -4.83. The van der Waals surface area contributed by atoms with Crippen LogP contribution >= 0.6 is 22.9 Å². The average Bonchev–Trinajstić information content (AvgIpc) is 3.68. The van der Waals surface area contributed by atoms with E-state index in [-0.39, 0.29) is 37.9 Å². The summed E-state index contributed by atoms with van der Waals surface area (Å²) in [6.45, 7) is 44.3. The fraction of sp³-hybridized carbons (Fsp3) is 0.424. The average molecular weight is 970 g/mol. The highest BCUT2D eigenvalue weighted by atomic mass is 35.5. The minimum Gasteiger partial charge on any atom is -0.308 e. The van der Waals surface area contributed by atoms with Crippen LogP contribution in [0.1, 0.15) is 183 Å². The van der Waals surface area contributed by atoms with Crippen LogP contribution in [0.2, 0.25) is 5.02 Å². The summed E-state index contributed by atoms with van der Waals surface area (Å²) in [5.74, 6) is 0. The van der Waals surface area contributed by atoms with Gasteiger partial charge in [0.05, 0.1) is 27.8 Å². The van der Waals surface area contributed by atoms with E-state index < -0.39 is 0 Å². The smallest absolute Gasteiger partial charge is 0.0887 e. The monoisotopic (exact) mass is 969 g/mol. The van der Waals surface area contributed by atoms with E-state index in [1.54, 1.807) is 0 Å². The molecular weight excluding hydrogens is 888 g/mol. The van der Waals surface area contributed by atoms with E-state index in [0.717, 1.165) is 47.0 Å². The fourth-order valence-corrected chi connectivity index (χ4v) is 11.4. The zero-order valence-corrected chi connectivity index (χ0v) is 47.7. The first-order valence-electron chi connectivity index (χ1n) is 25.7. The highest BCUT2D eigenvalue weighted by Gasteiger charge is 2.38. The van der Waals surface area contributed by atoms with Crippen LogP contribution in [0.3, 0.4) is 0 Å². The topological polar surface area (TPSA) is 6.48 Å². The molecule has 0 saturated heterocycles. The third-order valence-corrected chi connectivity index (χ3v) is 16.6. The molecule has 1 aromatic heterocycles. The molecule has 0 fully saturated rings. The van der Waals surface area contributed by atoms with Crippen LogP contribution < -0.4 is 9.80 Å². The quantitative estimate of drug-likeness (QED) is 0.157. The zero-order chi connectivity index (χ0) is 51.3. The van der Waals surface area contributed by atoms with Gasteiger partial charge in [0.15, 0.2) is 0 Å². The molecule has 0 N–H and O–H groups in total. The van der Waals surface area contributed by atoms with Gasteiger partial charge in [-0.25, -0.2) is 0 Å². The normalized spacial score (nSPS) is 15.3. The summed E-state index contributed by atoms with van der Waals surface area (Å²) < 4.78 is 1.26. The van der Waals surface area contributed by atoms with Gasteiger partial charge in [0, 0.05) is 32.4 Å². The van der Waals surface area contributed by atoms with Gasteiger partial charge in [-0.1, -0.05) is 198 Å². The molecule has 0 atom stereocenters. The lowest BCUT2D eigenvalue weighted by molar-refractivity contribution is 0.332. The van der Waals surface area contributed by atoms with Gasteiger partial charge in [-0.05, 0) is 156 Å². The molecular formula is C66H81ClN2S. The van der Waals surface area contributed by atoms with E-state index in [1.165, 1.54) is 60.2 Å². The van der Waals surface area contributed by atoms with Crippen LogP contribution in [0.4, 0.5) is 34.1 Å². The highest BCUT2D eigenvalue weighted by Crippen LogP contribution is 2.54. The SMILES string of the molecule is CC(C)(C)c1ccc(-c2cc(C(C)(C)C)ccc2N(c2ccc(C(C)(C)C)cc2)c2cc(C(C)(C)C)cc(N(c3ccc4c(c3)C(C)(C)CCC4(C)C)c3csc4ccc(C(C)(C)C)cc34)c2Cl)cc1. The van der Waals surface area contributed by atoms with Crippen LogP contribution in [0.15, 0.2) is 121 Å². The molecule has 0 aliphatic heterocycles. The van der Waals surface area contributed by atoms with E-state index >= 15 is 0 Å². The number of nitrogens with zero attached hydrogens (tertiary/aromatic N) is 2. The maximum absolute atomic E-state index is 8.38. The molecule has 1 aliphatic carbocycles. The fourth-order valence-electron chi connectivity index (χ4n) is 10.2. The second-order valence-corrected chi connectivity index (χ2v) is 28.2. The number of hydrogen-bond acceptors (Lipinski definition) is 3. The predicted octanol–water partition coefficient (Wildman–Crippen LogP) is 21.0. The van der Waals surface area contributed by atoms with E-state index in [2.05, 4.69) is 262 Å². The predicted molar refractivity (Wildman–Crippen MR) is 310 cm³/mol. The molecule has 0 amide bonds. The maximum Gasteiger partial charge on any atom is 0.0887 e. The number of thiophene rings is 1. The van der Waals surface area contributed by atoms with Gasteiger partial charge < -0.3 is 9.80 Å². The molecule has 70 heavy (non-hydrogen) atoms. The van der Waals surface area contributed by atoms with Crippen molar-refractivity contribution in [3.05, 3.63) is 165 Å². The van der Waals surface area contributed by atoms with Crippen LogP contribution in [0.5, 0.6) is 0 Å². The third-order valence-electron chi connectivity index (χ3n) is 15.3. The summed E-state index contributed by atoms with van der Waals surface area (Å²) >= 11 is 10.2. The van der Waals surface area contributed by atoms with E-state index in [1.807, 2.05) is 11.3 Å². The minimum atomic E-state index is -0.221. The molecule has 4 heteroatoms. The minimum absolute atomic E-state index is 0.00996. The Morgan fingerprint density at radius 1 is 0.414 bits per heavy atom. The zero-order valence-electron chi connectivity index (χ0n) is 46.1.